The summed E-state index contributed by atoms with van der Waals surface area (Å²) in [5.74, 6) is -0.397. The van der Waals surface area contributed by atoms with E-state index in [1.54, 1.807) is 0 Å². The molecule has 1 saturated heterocycles. The molecule has 0 radical (unpaired) electrons. The van der Waals surface area contributed by atoms with Crippen LogP contribution in [0.5, 0.6) is 0 Å². The topological polar surface area (TPSA) is 67.8 Å². The van der Waals surface area contributed by atoms with Crippen LogP contribution in [0, 0.1) is 0 Å². The van der Waals surface area contributed by atoms with Crippen molar-refractivity contribution in [2.75, 3.05) is 26.4 Å². The maximum absolute atomic E-state index is 11.2. The molecule has 1 amide bonds. The fourth-order valence-electron chi connectivity index (χ4n) is 1.08. The van der Waals surface area contributed by atoms with Crippen LogP contribution in [0.3, 0.4) is 0 Å². The molecule has 1 unspecified atom stereocenters. The second-order valence-electron chi connectivity index (χ2n) is 3.84. The van der Waals surface area contributed by atoms with Crippen molar-refractivity contribution in [3.63, 3.8) is 0 Å². The molecule has 1 aliphatic rings. The molecule has 1 heterocycles. The Morgan fingerprint density at radius 2 is 2.29 bits per heavy atom. The third-order valence-electron chi connectivity index (χ3n) is 1.93. The van der Waals surface area contributed by atoms with Crippen LogP contribution in [0.25, 0.3) is 0 Å². The fourth-order valence-corrected chi connectivity index (χ4v) is 1.08. The predicted molar refractivity (Wildman–Crippen MR) is 49.9 cm³/mol. The first-order valence-corrected chi connectivity index (χ1v) is 4.70. The zero-order chi connectivity index (χ0) is 10.6. The van der Waals surface area contributed by atoms with Crippen molar-refractivity contribution in [3.8, 4) is 0 Å². The van der Waals surface area contributed by atoms with E-state index < -0.39 is 11.5 Å². The van der Waals surface area contributed by atoms with Crippen LogP contribution in [0.1, 0.15) is 13.8 Å². The molecule has 0 bridgehead atoms. The highest BCUT2D eigenvalue weighted by atomic mass is 16.6. The van der Waals surface area contributed by atoms with Gasteiger partial charge in [-0.2, -0.15) is 0 Å². The molecule has 0 aromatic rings. The molecule has 0 aromatic heterocycles. The lowest BCUT2D eigenvalue weighted by Crippen LogP contribution is -2.47. The first-order valence-electron chi connectivity index (χ1n) is 4.70. The van der Waals surface area contributed by atoms with E-state index in [2.05, 4.69) is 5.32 Å². The SMILES string of the molecule is CC(C)(O)C(=O)NCC1COCCO1. The van der Waals surface area contributed by atoms with Crippen LogP contribution in [0.15, 0.2) is 0 Å². The van der Waals surface area contributed by atoms with E-state index in [-0.39, 0.29) is 6.10 Å². The summed E-state index contributed by atoms with van der Waals surface area (Å²) in [6, 6.07) is 0. The normalized spacial score (nSPS) is 23.2. The van der Waals surface area contributed by atoms with Crippen LogP contribution in [-0.2, 0) is 14.3 Å². The number of carbonyl (C=O) groups excluding carboxylic acids is 1. The van der Waals surface area contributed by atoms with Crippen LogP contribution in [-0.4, -0.2) is 49.1 Å². The molecule has 1 rings (SSSR count). The fraction of sp³-hybridized carbons (Fsp3) is 0.889. The highest BCUT2D eigenvalue weighted by molar-refractivity contribution is 5.83. The zero-order valence-corrected chi connectivity index (χ0v) is 8.58. The quantitative estimate of drug-likeness (QED) is 0.636. The lowest BCUT2D eigenvalue weighted by atomic mass is 10.1. The number of hydrogen-bond acceptors (Lipinski definition) is 4. The van der Waals surface area contributed by atoms with Gasteiger partial charge in [-0.1, -0.05) is 0 Å². The van der Waals surface area contributed by atoms with Gasteiger partial charge in [0, 0.05) is 6.54 Å². The molecule has 0 aromatic carbocycles. The molecule has 14 heavy (non-hydrogen) atoms. The summed E-state index contributed by atoms with van der Waals surface area (Å²) >= 11 is 0. The number of aliphatic hydroxyl groups is 1. The van der Waals surface area contributed by atoms with Gasteiger partial charge in [-0.05, 0) is 13.8 Å². The molecule has 1 fully saturated rings. The molecular formula is C9H17NO4. The molecule has 5 heteroatoms. The number of rotatable bonds is 3. The van der Waals surface area contributed by atoms with Gasteiger partial charge in [0.2, 0.25) is 0 Å². The van der Waals surface area contributed by atoms with E-state index in [1.165, 1.54) is 13.8 Å². The van der Waals surface area contributed by atoms with Crippen LogP contribution < -0.4 is 5.32 Å². The average Bonchev–Trinajstić information content (AvgIpc) is 2.14. The highest BCUT2D eigenvalue weighted by Gasteiger charge is 2.24. The molecule has 1 atom stereocenters. The minimum atomic E-state index is -1.34. The van der Waals surface area contributed by atoms with Gasteiger partial charge >= 0.3 is 0 Å². The molecule has 82 valence electrons. The summed E-state index contributed by atoms with van der Waals surface area (Å²) in [7, 11) is 0. The second-order valence-corrected chi connectivity index (χ2v) is 3.84. The van der Waals surface area contributed by atoms with Crippen LogP contribution in [0.4, 0.5) is 0 Å². The van der Waals surface area contributed by atoms with Gasteiger partial charge in [0.25, 0.3) is 5.91 Å². The van der Waals surface area contributed by atoms with Gasteiger partial charge in [-0.25, -0.2) is 0 Å². The van der Waals surface area contributed by atoms with E-state index in [0.29, 0.717) is 26.4 Å². The Hall–Kier alpha value is -0.650. The van der Waals surface area contributed by atoms with Crippen molar-refractivity contribution >= 4 is 5.91 Å². The molecule has 5 nitrogen and oxygen atoms in total. The molecular weight excluding hydrogens is 186 g/mol. The van der Waals surface area contributed by atoms with E-state index in [4.69, 9.17) is 9.47 Å². The third kappa shape index (κ3) is 3.61. The highest BCUT2D eigenvalue weighted by Crippen LogP contribution is 2.02. The number of amides is 1. The number of hydrogen-bond donors (Lipinski definition) is 2. The van der Waals surface area contributed by atoms with Crippen molar-refractivity contribution in [2.45, 2.75) is 25.6 Å². The maximum atomic E-state index is 11.2. The van der Waals surface area contributed by atoms with E-state index in [9.17, 15) is 9.90 Å². The van der Waals surface area contributed by atoms with E-state index in [0.717, 1.165) is 0 Å². The smallest absolute Gasteiger partial charge is 0.251 e. The molecule has 1 aliphatic heterocycles. The van der Waals surface area contributed by atoms with Gasteiger partial charge in [0.05, 0.1) is 25.9 Å². The number of carbonyl (C=O) groups is 1. The van der Waals surface area contributed by atoms with Crippen molar-refractivity contribution in [1.82, 2.24) is 5.32 Å². The van der Waals surface area contributed by atoms with Crippen LogP contribution in [0.2, 0.25) is 0 Å². The number of ether oxygens (including phenoxy) is 2. The Bertz CT molecular complexity index is 193. The lowest BCUT2D eigenvalue weighted by molar-refractivity contribution is -0.138. The Balaban J connectivity index is 2.22. The zero-order valence-electron chi connectivity index (χ0n) is 8.58. The molecule has 0 aliphatic carbocycles. The second kappa shape index (κ2) is 4.72. The first-order chi connectivity index (χ1) is 6.50. The summed E-state index contributed by atoms with van der Waals surface area (Å²) in [5, 5.41) is 11.9. The summed E-state index contributed by atoms with van der Waals surface area (Å²) in [4.78, 5) is 11.2. The van der Waals surface area contributed by atoms with Crippen LogP contribution >= 0.6 is 0 Å². The van der Waals surface area contributed by atoms with Gasteiger partial charge in [-0.3, -0.25) is 4.79 Å². The van der Waals surface area contributed by atoms with Crippen molar-refractivity contribution in [2.24, 2.45) is 0 Å². The lowest BCUT2D eigenvalue weighted by Gasteiger charge is -2.24. The Labute approximate surface area is 83.4 Å². The van der Waals surface area contributed by atoms with Gasteiger partial charge in [-0.15, -0.1) is 0 Å². The first kappa shape index (κ1) is 11.4. The Kier molecular flexibility index (Phi) is 3.86. The Morgan fingerprint density at radius 1 is 1.57 bits per heavy atom. The average molecular weight is 203 g/mol. The number of nitrogens with one attached hydrogen (secondary N) is 1. The molecule has 0 spiro atoms. The standard InChI is InChI=1S/C9H17NO4/c1-9(2,12)8(11)10-5-7-6-13-3-4-14-7/h7,12H,3-6H2,1-2H3,(H,10,11). The maximum Gasteiger partial charge on any atom is 0.251 e. The van der Waals surface area contributed by atoms with Gasteiger partial charge in [0.15, 0.2) is 0 Å². The van der Waals surface area contributed by atoms with E-state index >= 15 is 0 Å². The summed E-state index contributed by atoms with van der Waals surface area (Å²) in [6.07, 6.45) is -0.102. The van der Waals surface area contributed by atoms with Crippen molar-refractivity contribution in [3.05, 3.63) is 0 Å². The third-order valence-corrected chi connectivity index (χ3v) is 1.93. The summed E-state index contributed by atoms with van der Waals surface area (Å²) < 4.78 is 10.5. The molecule has 0 saturated carbocycles. The van der Waals surface area contributed by atoms with Gasteiger partial charge in [0.1, 0.15) is 5.60 Å². The predicted octanol–water partition coefficient (Wildman–Crippen LogP) is -0.711. The minimum absolute atomic E-state index is 0.102. The van der Waals surface area contributed by atoms with Crippen molar-refractivity contribution in [1.29, 1.82) is 0 Å². The Morgan fingerprint density at radius 3 is 2.79 bits per heavy atom. The van der Waals surface area contributed by atoms with Crippen molar-refractivity contribution < 1.29 is 19.4 Å². The molecule has 2 N–H and O–H groups in total. The largest absolute Gasteiger partial charge is 0.381 e. The summed E-state index contributed by atoms with van der Waals surface area (Å²) in [5.41, 5.74) is -1.34. The van der Waals surface area contributed by atoms with E-state index in [1.807, 2.05) is 0 Å². The minimum Gasteiger partial charge on any atom is -0.381 e. The monoisotopic (exact) mass is 203 g/mol. The summed E-state index contributed by atoms with van der Waals surface area (Å²) in [6.45, 7) is 4.93. The van der Waals surface area contributed by atoms with Gasteiger partial charge < -0.3 is 19.9 Å².